The van der Waals surface area contributed by atoms with Crippen LogP contribution in [0, 0.1) is 5.92 Å². The average Bonchev–Trinajstić information content (AvgIpc) is 3.15. The number of hydrogen-bond donors (Lipinski definition) is 1. The summed E-state index contributed by atoms with van der Waals surface area (Å²) in [4.78, 5) is 14.7. The van der Waals surface area contributed by atoms with E-state index in [1.165, 1.54) is 12.8 Å². The lowest BCUT2D eigenvalue weighted by molar-refractivity contribution is 0.0673. The lowest BCUT2D eigenvalue weighted by Gasteiger charge is -2.35. The lowest BCUT2D eigenvalue weighted by Crippen LogP contribution is -2.43. The van der Waals surface area contributed by atoms with Gasteiger partial charge in [0.25, 0.3) is 5.91 Å². The second kappa shape index (κ2) is 7.21. The number of nitrogens with one attached hydrogen (secondary N) is 1. The van der Waals surface area contributed by atoms with Crippen molar-refractivity contribution in [2.24, 2.45) is 5.92 Å². The van der Waals surface area contributed by atoms with Crippen LogP contribution >= 0.6 is 0 Å². The van der Waals surface area contributed by atoms with Gasteiger partial charge in [0, 0.05) is 30.8 Å². The van der Waals surface area contributed by atoms with E-state index in [-0.39, 0.29) is 5.91 Å². The molecule has 3 rings (SSSR count). The van der Waals surface area contributed by atoms with Gasteiger partial charge in [-0.25, -0.2) is 0 Å². The van der Waals surface area contributed by atoms with Crippen LogP contribution in [0.5, 0.6) is 11.5 Å². The van der Waals surface area contributed by atoms with Gasteiger partial charge in [-0.2, -0.15) is 0 Å². The van der Waals surface area contributed by atoms with E-state index in [2.05, 4.69) is 5.32 Å². The van der Waals surface area contributed by atoms with Gasteiger partial charge in [0.1, 0.15) is 11.5 Å². The van der Waals surface area contributed by atoms with E-state index in [9.17, 15) is 4.79 Å². The first-order valence-electron chi connectivity index (χ1n) is 8.47. The summed E-state index contributed by atoms with van der Waals surface area (Å²) in [7, 11) is 3.20. The number of rotatable bonds is 4. The van der Waals surface area contributed by atoms with Crippen molar-refractivity contribution in [2.45, 2.75) is 31.7 Å². The van der Waals surface area contributed by atoms with Crippen molar-refractivity contribution in [3.05, 3.63) is 23.8 Å². The molecule has 1 N–H and O–H groups in total. The van der Waals surface area contributed by atoms with Crippen molar-refractivity contribution in [1.29, 1.82) is 0 Å². The Morgan fingerprint density at radius 3 is 2.26 bits per heavy atom. The Kier molecular flexibility index (Phi) is 5.06. The first-order valence-corrected chi connectivity index (χ1v) is 8.47. The molecule has 1 aromatic rings. The van der Waals surface area contributed by atoms with E-state index in [4.69, 9.17) is 9.47 Å². The fourth-order valence-corrected chi connectivity index (χ4v) is 3.73. The summed E-state index contributed by atoms with van der Waals surface area (Å²) in [6, 6.07) is 6.02. The number of benzene rings is 1. The first kappa shape index (κ1) is 16.1. The molecule has 5 nitrogen and oxygen atoms in total. The van der Waals surface area contributed by atoms with Crippen molar-refractivity contribution in [2.75, 3.05) is 33.9 Å². The van der Waals surface area contributed by atoms with E-state index >= 15 is 0 Å². The Morgan fingerprint density at radius 1 is 1.09 bits per heavy atom. The number of nitrogens with zero attached hydrogens (tertiary/aromatic N) is 1. The Balaban J connectivity index is 1.65. The third kappa shape index (κ3) is 3.61. The fraction of sp³-hybridized carbons (Fsp3) is 0.611. The number of amides is 1. The molecule has 126 valence electrons. The Labute approximate surface area is 137 Å². The van der Waals surface area contributed by atoms with E-state index < -0.39 is 0 Å². The number of hydrogen-bond acceptors (Lipinski definition) is 4. The molecule has 1 amide bonds. The van der Waals surface area contributed by atoms with Crippen LogP contribution in [0.15, 0.2) is 18.2 Å². The van der Waals surface area contributed by atoms with Gasteiger partial charge in [-0.1, -0.05) is 0 Å². The van der Waals surface area contributed by atoms with Crippen molar-refractivity contribution in [1.82, 2.24) is 10.2 Å². The van der Waals surface area contributed by atoms with Crippen LogP contribution in [0.25, 0.3) is 0 Å². The van der Waals surface area contributed by atoms with Crippen LogP contribution < -0.4 is 14.8 Å². The molecule has 0 bridgehead atoms. The monoisotopic (exact) mass is 318 g/mol. The number of ether oxygens (including phenoxy) is 2. The summed E-state index contributed by atoms with van der Waals surface area (Å²) in [5.41, 5.74) is 0.638. The van der Waals surface area contributed by atoms with Gasteiger partial charge >= 0.3 is 0 Å². The van der Waals surface area contributed by atoms with Gasteiger partial charge in [0.2, 0.25) is 0 Å². The molecule has 2 aliphatic rings. The van der Waals surface area contributed by atoms with E-state index in [0.29, 0.717) is 29.0 Å². The lowest BCUT2D eigenvalue weighted by atomic mass is 9.88. The van der Waals surface area contributed by atoms with Gasteiger partial charge in [0.05, 0.1) is 14.2 Å². The zero-order chi connectivity index (χ0) is 16.2. The number of likely N-dealkylation sites (tertiary alicyclic amines) is 1. The SMILES string of the molecule is COc1cc(OC)cc(C(=O)N2CCC(C3CCCN3)CC2)c1. The maximum absolute atomic E-state index is 12.8. The Bertz CT molecular complexity index is 525. The molecule has 0 radical (unpaired) electrons. The molecule has 2 saturated heterocycles. The van der Waals surface area contributed by atoms with Gasteiger partial charge < -0.3 is 19.7 Å². The Morgan fingerprint density at radius 2 is 1.74 bits per heavy atom. The van der Waals surface area contributed by atoms with Crippen molar-refractivity contribution in [3.63, 3.8) is 0 Å². The topological polar surface area (TPSA) is 50.8 Å². The van der Waals surface area contributed by atoms with E-state index in [1.54, 1.807) is 32.4 Å². The summed E-state index contributed by atoms with van der Waals surface area (Å²) in [6.07, 6.45) is 4.74. The van der Waals surface area contributed by atoms with Crippen molar-refractivity contribution in [3.8, 4) is 11.5 Å². The minimum absolute atomic E-state index is 0.0695. The fourth-order valence-electron chi connectivity index (χ4n) is 3.73. The van der Waals surface area contributed by atoms with Crippen LogP contribution in [-0.4, -0.2) is 50.7 Å². The van der Waals surface area contributed by atoms with Crippen LogP contribution in [0.1, 0.15) is 36.0 Å². The Hall–Kier alpha value is -1.75. The number of carbonyl (C=O) groups excluding carboxylic acids is 1. The third-order valence-electron chi connectivity index (χ3n) is 5.09. The molecule has 0 saturated carbocycles. The third-order valence-corrected chi connectivity index (χ3v) is 5.09. The standard InChI is InChI=1S/C18H26N2O3/c1-22-15-10-14(11-16(12-15)23-2)18(21)20-8-5-13(6-9-20)17-4-3-7-19-17/h10-13,17,19H,3-9H2,1-2H3. The van der Waals surface area contributed by atoms with Crippen LogP contribution in [0.4, 0.5) is 0 Å². The summed E-state index contributed by atoms with van der Waals surface area (Å²) < 4.78 is 10.5. The summed E-state index contributed by atoms with van der Waals surface area (Å²) in [6.45, 7) is 2.82. The van der Waals surface area contributed by atoms with Crippen LogP contribution in [0.3, 0.4) is 0 Å². The zero-order valence-corrected chi connectivity index (χ0v) is 14.0. The van der Waals surface area contributed by atoms with Gasteiger partial charge in [-0.05, 0) is 50.3 Å². The molecular weight excluding hydrogens is 292 g/mol. The highest BCUT2D eigenvalue weighted by Crippen LogP contribution is 2.28. The molecule has 1 atom stereocenters. The van der Waals surface area contributed by atoms with Crippen LogP contribution in [-0.2, 0) is 0 Å². The smallest absolute Gasteiger partial charge is 0.254 e. The van der Waals surface area contributed by atoms with E-state index in [1.807, 2.05) is 4.90 Å². The highest BCUT2D eigenvalue weighted by molar-refractivity contribution is 5.95. The number of carbonyl (C=O) groups is 1. The molecule has 2 aliphatic heterocycles. The predicted octanol–water partition coefficient (Wildman–Crippen LogP) is 2.31. The molecule has 1 unspecified atom stereocenters. The second-order valence-corrected chi connectivity index (χ2v) is 6.43. The highest BCUT2D eigenvalue weighted by Gasteiger charge is 2.30. The van der Waals surface area contributed by atoms with Crippen molar-refractivity contribution >= 4 is 5.91 Å². The first-order chi connectivity index (χ1) is 11.2. The van der Waals surface area contributed by atoms with Gasteiger partial charge in [-0.3, -0.25) is 4.79 Å². The van der Waals surface area contributed by atoms with Crippen LogP contribution in [0.2, 0.25) is 0 Å². The van der Waals surface area contributed by atoms with Crippen molar-refractivity contribution < 1.29 is 14.3 Å². The predicted molar refractivity (Wildman–Crippen MR) is 89.2 cm³/mol. The molecule has 0 aliphatic carbocycles. The molecule has 0 spiro atoms. The van der Waals surface area contributed by atoms with E-state index in [0.717, 1.165) is 32.5 Å². The summed E-state index contributed by atoms with van der Waals surface area (Å²) in [5.74, 6) is 2.08. The molecule has 5 heteroatoms. The minimum atomic E-state index is 0.0695. The van der Waals surface area contributed by atoms with Gasteiger partial charge in [0.15, 0.2) is 0 Å². The number of piperidine rings is 1. The molecule has 1 aromatic carbocycles. The maximum Gasteiger partial charge on any atom is 0.254 e. The second-order valence-electron chi connectivity index (χ2n) is 6.43. The quantitative estimate of drug-likeness (QED) is 0.925. The van der Waals surface area contributed by atoms with Gasteiger partial charge in [-0.15, -0.1) is 0 Å². The maximum atomic E-state index is 12.8. The molecule has 2 fully saturated rings. The highest BCUT2D eigenvalue weighted by atomic mass is 16.5. The average molecular weight is 318 g/mol. The largest absolute Gasteiger partial charge is 0.497 e. The summed E-state index contributed by atoms with van der Waals surface area (Å²) >= 11 is 0. The molecule has 0 aromatic heterocycles. The molecule has 23 heavy (non-hydrogen) atoms. The zero-order valence-electron chi connectivity index (χ0n) is 14.0. The minimum Gasteiger partial charge on any atom is -0.497 e. The normalized spacial score (nSPS) is 22.2. The molecule has 2 heterocycles. The summed E-state index contributed by atoms with van der Waals surface area (Å²) in [5, 5.41) is 3.60. The molecular formula is C18H26N2O3. The number of methoxy groups -OCH3 is 2.